The van der Waals surface area contributed by atoms with E-state index in [1.807, 2.05) is 0 Å². The lowest BCUT2D eigenvalue weighted by molar-refractivity contribution is 1.16. The maximum Gasteiger partial charge on any atom is 0.252 e. The van der Waals surface area contributed by atoms with Gasteiger partial charge in [-0.2, -0.15) is 0 Å². The van der Waals surface area contributed by atoms with E-state index in [1.54, 1.807) is 0 Å². The quantitative estimate of drug-likeness (QED) is 0.0706. The molecule has 0 fully saturated rings. The first-order chi connectivity index (χ1) is 54.1. The fourth-order valence-electron chi connectivity index (χ4n) is 18.9. The third kappa shape index (κ3) is 10.5. The second kappa shape index (κ2) is 27.3. The Morgan fingerprint density at radius 3 is 0.890 bits per heavy atom. The molecule has 512 valence electrons. The van der Waals surface area contributed by atoms with E-state index in [9.17, 15) is 0 Å². The third-order valence-electron chi connectivity index (χ3n) is 23.4. The second-order valence-electron chi connectivity index (χ2n) is 28.9. The van der Waals surface area contributed by atoms with E-state index in [4.69, 9.17) is 0 Å². The van der Waals surface area contributed by atoms with Crippen molar-refractivity contribution in [2.24, 2.45) is 0 Å². The molecular formula is C102H74BN3Si3. The Labute approximate surface area is 641 Å². The number of hydrogen-bond donors (Lipinski definition) is 0. The van der Waals surface area contributed by atoms with E-state index in [0.717, 1.165) is 50.8 Å². The molecule has 0 unspecified atom stereocenters. The molecule has 1 aromatic heterocycles. The Kier molecular flexibility index (Phi) is 16.4. The maximum absolute atomic E-state index is 3.17. The predicted octanol–water partition coefficient (Wildman–Crippen LogP) is 14.7. The molecule has 0 radical (unpaired) electrons. The molecule has 0 amide bonds. The van der Waals surface area contributed by atoms with E-state index >= 15 is 0 Å². The van der Waals surface area contributed by atoms with Crippen molar-refractivity contribution in [1.29, 1.82) is 0 Å². The lowest BCUT2D eigenvalue weighted by Gasteiger charge is -2.45. The van der Waals surface area contributed by atoms with Crippen LogP contribution < -0.4 is 88.4 Å². The van der Waals surface area contributed by atoms with Gasteiger partial charge in [-0.15, -0.1) is 0 Å². The molecule has 0 N–H and O–H groups in total. The molecule has 0 atom stereocenters. The van der Waals surface area contributed by atoms with Crippen LogP contribution in [-0.2, 0) is 0 Å². The van der Waals surface area contributed by atoms with Gasteiger partial charge in [-0.1, -0.05) is 388 Å². The van der Waals surface area contributed by atoms with Crippen LogP contribution >= 0.6 is 0 Å². The summed E-state index contributed by atoms with van der Waals surface area (Å²) in [6.07, 6.45) is 0. The summed E-state index contributed by atoms with van der Waals surface area (Å²) in [7, 11) is -9.25. The highest BCUT2D eigenvalue weighted by atomic mass is 28.3. The van der Waals surface area contributed by atoms with Crippen LogP contribution in [-0.4, -0.2) is 35.5 Å². The molecule has 0 saturated carbocycles. The van der Waals surface area contributed by atoms with Crippen molar-refractivity contribution >= 4 is 165 Å². The van der Waals surface area contributed by atoms with Crippen molar-refractivity contribution in [3.05, 3.63) is 449 Å². The van der Waals surface area contributed by atoms with E-state index in [2.05, 4.69) is 463 Å². The van der Waals surface area contributed by atoms with Crippen LogP contribution in [0.2, 0.25) is 0 Å². The highest BCUT2D eigenvalue weighted by molar-refractivity contribution is 7.21. The summed E-state index contributed by atoms with van der Waals surface area (Å²) < 4.78 is 2.54. The summed E-state index contributed by atoms with van der Waals surface area (Å²) in [6.45, 7) is -0.268. The standard InChI is InChI=1S/C102H74BN3Si3/c1-11-36-75(37-12-1)76-62-68-98-94(70-76)103-95-74-91(109(86-51-25-8-26-52-86,87-53-27-9-28-54-87)88-55-29-10-30-56-88)67-69-99(95)105(78-38-35-57-90(71-78)108(83-45-19-5-20-46-83,84-47-21-6-22-48-84)85-49-23-7-24-50-85)101-73-79(106-96-60-33-31-58-92(96)93-59-32-34-61-97(93)106)72-100(102(101)103)104(98)77-63-65-89(66-64-77)107(80-39-13-2-14-40-80,81-41-15-3-16-42-81)82-43-17-4-18-44-82/h1-74H. The van der Waals surface area contributed by atoms with Crippen molar-refractivity contribution < 1.29 is 0 Å². The van der Waals surface area contributed by atoms with Gasteiger partial charge in [-0.05, 0) is 150 Å². The first-order valence-corrected chi connectivity index (χ1v) is 43.9. The van der Waals surface area contributed by atoms with Gasteiger partial charge in [0, 0.05) is 44.9 Å². The highest BCUT2D eigenvalue weighted by Crippen LogP contribution is 2.47. The van der Waals surface area contributed by atoms with E-state index in [1.165, 1.54) is 101 Å². The van der Waals surface area contributed by atoms with E-state index in [-0.39, 0.29) is 6.71 Å². The molecular weight excluding hydrogens is 1360 g/mol. The number of para-hydroxylation sites is 2. The van der Waals surface area contributed by atoms with Crippen LogP contribution in [0.4, 0.5) is 34.1 Å². The van der Waals surface area contributed by atoms with Gasteiger partial charge in [0.25, 0.3) is 6.71 Å². The molecule has 17 aromatic carbocycles. The average molecular weight is 1440 g/mol. The van der Waals surface area contributed by atoms with Gasteiger partial charge < -0.3 is 14.4 Å². The molecule has 0 spiro atoms. The smallest absolute Gasteiger partial charge is 0.252 e. The highest BCUT2D eigenvalue weighted by Gasteiger charge is 2.49. The van der Waals surface area contributed by atoms with Crippen LogP contribution in [0.5, 0.6) is 0 Å². The summed E-state index contributed by atoms with van der Waals surface area (Å²) in [5.41, 5.74) is 16.2. The van der Waals surface area contributed by atoms with Crippen LogP contribution in [0.3, 0.4) is 0 Å². The van der Waals surface area contributed by atoms with Crippen molar-refractivity contribution in [3.63, 3.8) is 0 Å². The van der Waals surface area contributed by atoms with Gasteiger partial charge in [-0.25, -0.2) is 0 Å². The molecule has 0 saturated heterocycles. The zero-order valence-corrected chi connectivity index (χ0v) is 63.1. The number of hydrogen-bond acceptors (Lipinski definition) is 2. The Morgan fingerprint density at radius 2 is 0.486 bits per heavy atom. The minimum atomic E-state index is -3.17. The molecule has 20 rings (SSSR count). The third-order valence-corrected chi connectivity index (χ3v) is 37.7. The summed E-state index contributed by atoms with van der Waals surface area (Å²) in [5, 5.41) is 18.3. The zero-order chi connectivity index (χ0) is 72.3. The van der Waals surface area contributed by atoms with Gasteiger partial charge in [-0.3, -0.25) is 0 Å². The normalized spacial score (nSPS) is 12.5. The minimum absolute atomic E-state index is 0.268. The molecule has 7 heteroatoms. The van der Waals surface area contributed by atoms with Crippen LogP contribution in [0.1, 0.15) is 0 Å². The van der Waals surface area contributed by atoms with Gasteiger partial charge in [0.1, 0.15) is 0 Å². The topological polar surface area (TPSA) is 11.4 Å². The summed E-state index contributed by atoms with van der Waals surface area (Å²) in [6, 6.07) is 171. The molecule has 0 bridgehead atoms. The van der Waals surface area contributed by atoms with Gasteiger partial charge in [0.05, 0.1) is 16.7 Å². The Hall–Kier alpha value is -13.1. The summed E-state index contributed by atoms with van der Waals surface area (Å²) in [5.74, 6) is 0. The van der Waals surface area contributed by atoms with Gasteiger partial charge in [0.15, 0.2) is 24.2 Å². The maximum atomic E-state index is 2.69. The molecule has 2 aliphatic rings. The van der Waals surface area contributed by atoms with Gasteiger partial charge >= 0.3 is 0 Å². The number of anilines is 6. The number of aromatic nitrogens is 1. The van der Waals surface area contributed by atoms with Crippen LogP contribution in [0.25, 0.3) is 38.6 Å². The van der Waals surface area contributed by atoms with Crippen molar-refractivity contribution in [3.8, 4) is 16.8 Å². The molecule has 18 aromatic rings. The zero-order valence-electron chi connectivity index (χ0n) is 60.1. The van der Waals surface area contributed by atoms with E-state index < -0.39 is 24.2 Å². The fourth-order valence-corrected chi connectivity index (χ4v) is 33.2. The molecule has 2 aliphatic heterocycles. The molecule has 109 heavy (non-hydrogen) atoms. The number of nitrogens with zero attached hydrogens (tertiary/aromatic N) is 3. The van der Waals surface area contributed by atoms with Gasteiger partial charge in [0.2, 0.25) is 0 Å². The second-order valence-corrected chi connectivity index (χ2v) is 40.4. The van der Waals surface area contributed by atoms with Crippen molar-refractivity contribution in [2.75, 3.05) is 9.80 Å². The SMILES string of the molecule is c1ccc(-c2ccc3c(c2)B2c4cc([Si](c5ccccc5)(c5ccccc5)c5ccccc5)ccc4N(c4cccc([Si](c5ccccc5)(c5ccccc5)c5ccccc5)c4)c4cc(-n5c6ccccc6c6ccccc65)cc(c42)N3c2ccc([Si](c3ccccc3)(c3ccccc3)c3ccccc3)cc2)cc1. The molecule has 0 aliphatic carbocycles. The average Bonchev–Trinajstić information content (AvgIpc) is 1.19. The van der Waals surface area contributed by atoms with Crippen LogP contribution in [0, 0.1) is 0 Å². The van der Waals surface area contributed by atoms with Crippen molar-refractivity contribution in [1.82, 2.24) is 4.57 Å². The number of rotatable bonds is 16. The number of fused-ring (bicyclic) bond motifs is 7. The van der Waals surface area contributed by atoms with Crippen LogP contribution in [0.15, 0.2) is 449 Å². The largest absolute Gasteiger partial charge is 0.311 e. The lowest BCUT2D eigenvalue weighted by atomic mass is 9.33. The van der Waals surface area contributed by atoms with Crippen molar-refractivity contribution in [2.45, 2.75) is 0 Å². The Balaban J connectivity index is 0.926. The first kappa shape index (κ1) is 65.4. The predicted molar refractivity (Wildman–Crippen MR) is 471 cm³/mol. The Morgan fingerprint density at radius 1 is 0.183 bits per heavy atom. The number of benzene rings is 17. The summed E-state index contributed by atoms with van der Waals surface area (Å²) in [4.78, 5) is 5.31. The molecule has 3 nitrogen and oxygen atoms in total. The monoisotopic (exact) mass is 1440 g/mol. The minimum Gasteiger partial charge on any atom is -0.311 e. The fraction of sp³-hybridized carbons (Fsp3) is 0. The Bertz CT molecular complexity index is 5990. The lowest BCUT2D eigenvalue weighted by Crippen LogP contribution is -2.75. The first-order valence-electron chi connectivity index (χ1n) is 37.9. The molecule has 3 heterocycles. The van der Waals surface area contributed by atoms with E-state index in [0.29, 0.717) is 0 Å². The summed E-state index contributed by atoms with van der Waals surface area (Å²) >= 11 is 0.